The van der Waals surface area contributed by atoms with Crippen molar-refractivity contribution < 1.29 is 13.2 Å². The largest absolute Gasteiger partial charge is 0.345 e. The minimum absolute atomic E-state index is 0.104. The van der Waals surface area contributed by atoms with Crippen molar-refractivity contribution in [1.82, 2.24) is 5.32 Å². The van der Waals surface area contributed by atoms with Crippen molar-refractivity contribution in [1.29, 1.82) is 0 Å². The average Bonchev–Trinajstić information content (AvgIpc) is 2.60. The van der Waals surface area contributed by atoms with Crippen molar-refractivity contribution in [3.05, 3.63) is 65.2 Å². The Labute approximate surface area is 156 Å². The van der Waals surface area contributed by atoms with Gasteiger partial charge in [0.15, 0.2) is 9.84 Å². The fourth-order valence-electron chi connectivity index (χ4n) is 2.89. The third kappa shape index (κ3) is 5.18. The first-order chi connectivity index (χ1) is 12.2. The summed E-state index contributed by atoms with van der Waals surface area (Å²) in [6.45, 7) is 6.29. The van der Waals surface area contributed by atoms with Gasteiger partial charge in [0.05, 0.1) is 10.9 Å². The fourth-order valence-corrected chi connectivity index (χ4v) is 3.52. The number of nitrogens with one attached hydrogen (secondary N) is 1. The number of benzene rings is 2. The number of sulfone groups is 1. The standard InChI is InChI=1S/C21H27NO3S/c1-5-6-16-7-9-17(10-8-16)20(15(2)3)22-21(23)18-11-13-19(14-12-18)26(4,24)25/h7-15,20H,5-6H2,1-4H3,(H,22,23). The molecular weight excluding hydrogens is 346 g/mol. The van der Waals surface area contributed by atoms with Crippen LogP contribution in [0.5, 0.6) is 0 Å². The third-order valence-corrected chi connectivity index (χ3v) is 5.50. The molecule has 1 unspecified atom stereocenters. The van der Waals surface area contributed by atoms with E-state index in [9.17, 15) is 13.2 Å². The van der Waals surface area contributed by atoms with Crippen LogP contribution in [0.3, 0.4) is 0 Å². The molecule has 5 heteroatoms. The molecule has 0 spiro atoms. The van der Waals surface area contributed by atoms with Crippen molar-refractivity contribution in [2.75, 3.05) is 6.26 Å². The summed E-state index contributed by atoms with van der Waals surface area (Å²) >= 11 is 0. The molecule has 1 atom stereocenters. The molecule has 26 heavy (non-hydrogen) atoms. The minimum atomic E-state index is -3.27. The van der Waals surface area contributed by atoms with Gasteiger partial charge in [-0.15, -0.1) is 0 Å². The predicted octanol–water partition coefficient (Wildman–Crippen LogP) is 4.17. The average molecular weight is 374 g/mol. The maximum absolute atomic E-state index is 12.6. The van der Waals surface area contributed by atoms with Crippen LogP contribution in [-0.2, 0) is 16.3 Å². The maximum atomic E-state index is 12.6. The highest BCUT2D eigenvalue weighted by molar-refractivity contribution is 7.90. The summed E-state index contributed by atoms with van der Waals surface area (Å²) in [4.78, 5) is 12.8. The van der Waals surface area contributed by atoms with Crippen molar-refractivity contribution in [2.24, 2.45) is 5.92 Å². The molecule has 1 N–H and O–H groups in total. The lowest BCUT2D eigenvalue weighted by Crippen LogP contribution is -2.31. The number of aryl methyl sites for hydroxylation is 1. The number of rotatable bonds is 7. The van der Waals surface area contributed by atoms with Gasteiger partial charge in [0.1, 0.15) is 0 Å². The van der Waals surface area contributed by atoms with Gasteiger partial charge in [-0.3, -0.25) is 4.79 Å². The van der Waals surface area contributed by atoms with Crippen LogP contribution >= 0.6 is 0 Å². The summed E-state index contributed by atoms with van der Waals surface area (Å²) in [6, 6.07) is 14.3. The molecule has 0 saturated heterocycles. The van der Waals surface area contributed by atoms with Gasteiger partial charge >= 0.3 is 0 Å². The van der Waals surface area contributed by atoms with Crippen LogP contribution in [0.25, 0.3) is 0 Å². The normalized spacial score (nSPS) is 12.8. The molecule has 0 aliphatic rings. The van der Waals surface area contributed by atoms with Gasteiger partial charge in [0, 0.05) is 11.8 Å². The Morgan fingerprint density at radius 3 is 2.04 bits per heavy atom. The first-order valence-corrected chi connectivity index (χ1v) is 10.8. The Morgan fingerprint density at radius 1 is 1.00 bits per heavy atom. The van der Waals surface area contributed by atoms with E-state index < -0.39 is 9.84 Å². The number of hydrogen-bond donors (Lipinski definition) is 1. The van der Waals surface area contributed by atoms with Gasteiger partial charge < -0.3 is 5.32 Å². The maximum Gasteiger partial charge on any atom is 0.251 e. The molecule has 0 bridgehead atoms. The molecule has 1 amide bonds. The Hall–Kier alpha value is -2.14. The van der Waals surface area contributed by atoms with E-state index in [2.05, 4.69) is 50.4 Å². The molecule has 0 fully saturated rings. The summed E-state index contributed by atoms with van der Waals surface area (Å²) in [6.07, 6.45) is 3.30. The van der Waals surface area contributed by atoms with E-state index in [-0.39, 0.29) is 22.8 Å². The SMILES string of the molecule is CCCc1ccc(C(NC(=O)c2ccc(S(C)(=O)=O)cc2)C(C)C)cc1. The van der Waals surface area contributed by atoms with Gasteiger partial charge in [0.25, 0.3) is 5.91 Å². The summed E-state index contributed by atoms with van der Waals surface area (Å²) < 4.78 is 23.1. The number of amides is 1. The second-order valence-corrected chi connectivity index (χ2v) is 9.00. The number of hydrogen-bond acceptors (Lipinski definition) is 3. The number of carbonyl (C=O) groups excluding carboxylic acids is 1. The van der Waals surface area contributed by atoms with E-state index in [4.69, 9.17) is 0 Å². The molecule has 0 aliphatic carbocycles. The third-order valence-electron chi connectivity index (χ3n) is 4.38. The zero-order valence-corrected chi connectivity index (χ0v) is 16.6. The zero-order valence-electron chi connectivity index (χ0n) is 15.8. The van der Waals surface area contributed by atoms with Gasteiger partial charge in [-0.1, -0.05) is 51.5 Å². The number of carbonyl (C=O) groups is 1. The van der Waals surface area contributed by atoms with Crippen LogP contribution in [0.4, 0.5) is 0 Å². The van der Waals surface area contributed by atoms with Crippen LogP contribution < -0.4 is 5.32 Å². The van der Waals surface area contributed by atoms with Crippen LogP contribution in [0, 0.1) is 5.92 Å². The van der Waals surface area contributed by atoms with Crippen LogP contribution in [0.1, 0.15) is 54.7 Å². The van der Waals surface area contributed by atoms with E-state index in [0.29, 0.717) is 5.56 Å². The molecule has 0 radical (unpaired) electrons. The Balaban J connectivity index is 2.17. The van der Waals surface area contributed by atoms with E-state index in [1.54, 1.807) is 12.1 Å². The molecule has 0 heterocycles. The Kier molecular flexibility index (Phi) is 6.59. The monoisotopic (exact) mass is 373 g/mol. The molecule has 2 aromatic rings. The second-order valence-electron chi connectivity index (χ2n) is 6.98. The summed E-state index contributed by atoms with van der Waals surface area (Å²) in [5.74, 6) is 0.0210. The molecule has 2 rings (SSSR count). The first-order valence-electron chi connectivity index (χ1n) is 8.92. The lowest BCUT2D eigenvalue weighted by atomic mass is 9.94. The molecule has 0 aliphatic heterocycles. The molecular formula is C21H27NO3S. The second kappa shape index (κ2) is 8.49. The molecule has 2 aromatic carbocycles. The van der Waals surface area contributed by atoms with Gasteiger partial charge in [-0.05, 0) is 47.7 Å². The summed E-state index contributed by atoms with van der Waals surface area (Å²) in [5, 5.41) is 3.07. The van der Waals surface area contributed by atoms with E-state index in [1.807, 2.05) is 0 Å². The van der Waals surface area contributed by atoms with Crippen LogP contribution in [0.2, 0.25) is 0 Å². The Bertz CT molecular complexity index is 838. The van der Waals surface area contributed by atoms with Crippen molar-refractivity contribution in [3.63, 3.8) is 0 Å². The highest BCUT2D eigenvalue weighted by Crippen LogP contribution is 2.23. The highest BCUT2D eigenvalue weighted by Gasteiger charge is 2.19. The smallest absolute Gasteiger partial charge is 0.251 e. The highest BCUT2D eigenvalue weighted by atomic mass is 32.2. The first kappa shape index (κ1) is 20.2. The fraction of sp³-hybridized carbons (Fsp3) is 0.381. The molecule has 0 aromatic heterocycles. The van der Waals surface area contributed by atoms with Gasteiger partial charge in [-0.25, -0.2) is 8.42 Å². The Morgan fingerprint density at radius 2 is 1.58 bits per heavy atom. The lowest BCUT2D eigenvalue weighted by Gasteiger charge is -2.23. The van der Waals surface area contributed by atoms with E-state index >= 15 is 0 Å². The van der Waals surface area contributed by atoms with E-state index in [0.717, 1.165) is 24.7 Å². The summed E-state index contributed by atoms with van der Waals surface area (Å²) in [5.41, 5.74) is 2.81. The topological polar surface area (TPSA) is 63.2 Å². The lowest BCUT2D eigenvalue weighted by molar-refractivity contribution is 0.0925. The van der Waals surface area contributed by atoms with Crippen LogP contribution in [0.15, 0.2) is 53.4 Å². The minimum Gasteiger partial charge on any atom is -0.345 e. The van der Waals surface area contributed by atoms with E-state index in [1.165, 1.54) is 17.7 Å². The van der Waals surface area contributed by atoms with Crippen molar-refractivity contribution in [2.45, 2.75) is 44.6 Å². The zero-order chi connectivity index (χ0) is 19.3. The van der Waals surface area contributed by atoms with Crippen LogP contribution in [-0.4, -0.2) is 20.6 Å². The predicted molar refractivity (Wildman–Crippen MR) is 105 cm³/mol. The van der Waals surface area contributed by atoms with Crippen molar-refractivity contribution in [3.8, 4) is 0 Å². The molecule has 0 saturated carbocycles. The van der Waals surface area contributed by atoms with Crippen molar-refractivity contribution >= 4 is 15.7 Å². The van der Waals surface area contributed by atoms with Gasteiger partial charge in [0.2, 0.25) is 0 Å². The molecule has 4 nitrogen and oxygen atoms in total. The summed E-state index contributed by atoms with van der Waals surface area (Å²) in [7, 11) is -3.27. The quantitative estimate of drug-likeness (QED) is 0.792. The molecule has 140 valence electrons. The van der Waals surface area contributed by atoms with Gasteiger partial charge in [-0.2, -0.15) is 0 Å².